The Hall–Kier alpha value is -2.75. The molecular formula is C18H20N2O4. The van der Waals surface area contributed by atoms with Gasteiger partial charge in [-0.15, -0.1) is 0 Å². The van der Waals surface area contributed by atoms with Crippen LogP contribution in [0.2, 0.25) is 0 Å². The SMILES string of the molecule is N#Cc1ccccc1OC[C@H](O)CNCCOc1ccc(O)cc1. The molecule has 0 amide bonds. The quantitative estimate of drug-likeness (QED) is 0.606. The molecule has 0 aromatic heterocycles. The number of hydrogen-bond donors (Lipinski definition) is 3. The Morgan fingerprint density at radius 3 is 2.58 bits per heavy atom. The number of ether oxygens (including phenoxy) is 2. The van der Waals surface area contributed by atoms with Gasteiger partial charge < -0.3 is 25.0 Å². The molecule has 0 aliphatic carbocycles. The highest BCUT2D eigenvalue weighted by Crippen LogP contribution is 2.17. The summed E-state index contributed by atoms with van der Waals surface area (Å²) in [7, 11) is 0. The van der Waals surface area contributed by atoms with Gasteiger partial charge in [0.05, 0.1) is 5.56 Å². The van der Waals surface area contributed by atoms with E-state index < -0.39 is 6.10 Å². The normalized spacial score (nSPS) is 11.5. The number of nitriles is 1. The van der Waals surface area contributed by atoms with Crippen molar-refractivity contribution in [3.05, 3.63) is 54.1 Å². The van der Waals surface area contributed by atoms with Crippen LogP contribution < -0.4 is 14.8 Å². The van der Waals surface area contributed by atoms with Gasteiger partial charge in [-0.1, -0.05) is 12.1 Å². The summed E-state index contributed by atoms with van der Waals surface area (Å²) in [4.78, 5) is 0. The molecule has 6 nitrogen and oxygen atoms in total. The molecule has 0 saturated heterocycles. The van der Waals surface area contributed by atoms with Crippen LogP contribution in [0.1, 0.15) is 5.56 Å². The Morgan fingerprint density at radius 1 is 1.08 bits per heavy atom. The second-order valence-electron chi connectivity index (χ2n) is 5.12. The summed E-state index contributed by atoms with van der Waals surface area (Å²) in [6, 6.07) is 15.4. The molecule has 1 atom stereocenters. The van der Waals surface area contributed by atoms with E-state index >= 15 is 0 Å². The van der Waals surface area contributed by atoms with Crippen LogP contribution in [0, 0.1) is 11.3 Å². The minimum atomic E-state index is -0.689. The van der Waals surface area contributed by atoms with E-state index in [1.165, 1.54) is 0 Å². The maximum atomic E-state index is 9.88. The van der Waals surface area contributed by atoms with E-state index in [1.807, 2.05) is 6.07 Å². The average Bonchev–Trinajstić information content (AvgIpc) is 2.61. The van der Waals surface area contributed by atoms with E-state index in [-0.39, 0.29) is 12.4 Å². The minimum Gasteiger partial charge on any atom is -0.508 e. The van der Waals surface area contributed by atoms with Gasteiger partial charge in [-0.25, -0.2) is 0 Å². The van der Waals surface area contributed by atoms with Gasteiger partial charge in [-0.3, -0.25) is 0 Å². The third-order valence-corrected chi connectivity index (χ3v) is 3.20. The summed E-state index contributed by atoms with van der Waals surface area (Å²) in [6.45, 7) is 1.46. The molecule has 0 radical (unpaired) electrons. The lowest BCUT2D eigenvalue weighted by Gasteiger charge is -2.14. The van der Waals surface area contributed by atoms with E-state index in [1.54, 1.807) is 48.5 Å². The zero-order valence-corrected chi connectivity index (χ0v) is 13.2. The molecule has 6 heteroatoms. The zero-order chi connectivity index (χ0) is 17.2. The Labute approximate surface area is 140 Å². The predicted octanol–water partition coefficient (Wildman–Crippen LogP) is 1.67. The number of nitrogens with one attached hydrogen (secondary N) is 1. The molecule has 0 spiro atoms. The summed E-state index contributed by atoms with van der Waals surface area (Å²) in [5.41, 5.74) is 0.444. The minimum absolute atomic E-state index is 0.102. The van der Waals surface area contributed by atoms with E-state index in [9.17, 15) is 5.11 Å². The molecule has 0 aliphatic rings. The second kappa shape index (κ2) is 9.40. The summed E-state index contributed by atoms with van der Waals surface area (Å²) in [5, 5.41) is 31.1. The van der Waals surface area contributed by atoms with Crippen LogP contribution in [0.3, 0.4) is 0 Å². The fraction of sp³-hybridized carbons (Fsp3) is 0.278. The number of para-hydroxylation sites is 1. The van der Waals surface area contributed by atoms with Gasteiger partial charge >= 0.3 is 0 Å². The molecule has 2 aromatic rings. The average molecular weight is 328 g/mol. The number of phenolic OH excluding ortho intramolecular Hbond substituents is 1. The molecule has 3 N–H and O–H groups in total. The Morgan fingerprint density at radius 2 is 1.83 bits per heavy atom. The molecule has 2 rings (SSSR count). The summed E-state index contributed by atoms with van der Waals surface area (Å²) < 4.78 is 10.9. The third kappa shape index (κ3) is 5.80. The number of aliphatic hydroxyl groups excluding tert-OH is 1. The first kappa shape index (κ1) is 17.6. The molecular weight excluding hydrogens is 308 g/mol. The lowest BCUT2D eigenvalue weighted by Crippen LogP contribution is -2.33. The number of nitrogens with zero attached hydrogens (tertiary/aromatic N) is 1. The highest BCUT2D eigenvalue weighted by molar-refractivity contribution is 5.42. The topological polar surface area (TPSA) is 94.7 Å². The van der Waals surface area contributed by atoms with Gasteiger partial charge in [-0.05, 0) is 36.4 Å². The fourth-order valence-electron chi connectivity index (χ4n) is 1.98. The van der Waals surface area contributed by atoms with Crippen LogP contribution >= 0.6 is 0 Å². The molecule has 0 unspecified atom stereocenters. The lowest BCUT2D eigenvalue weighted by atomic mass is 10.2. The maximum Gasteiger partial charge on any atom is 0.137 e. The highest BCUT2D eigenvalue weighted by Gasteiger charge is 2.07. The lowest BCUT2D eigenvalue weighted by molar-refractivity contribution is 0.105. The first-order valence-corrected chi connectivity index (χ1v) is 7.61. The largest absolute Gasteiger partial charge is 0.508 e. The molecule has 0 saturated carbocycles. The Bertz CT molecular complexity index is 667. The van der Waals surface area contributed by atoms with E-state index in [0.29, 0.717) is 36.8 Å². The molecule has 126 valence electrons. The van der Waals surface area contributed by atoms with Crippen molar-refractivity contribution in [3.63, 3.8) is 0 Å². The number of aromatic hydroxyl groups is 1. The first-order chi connectivity index (χ1) is 11.7. The summed E-state index contributed by atoms with van der Waals surface area (Å²) in [5.74, 6) is 1.34. The monoisotopic (exact) mass is 328 g/mol. The maximum absolute atomic E-state index is 9.88. The number of rotatable bonds is 9. The molecule has 0 heterocycles. The van der Waals surface area contributed by atoms with Gasteiger partial charge in [0, 0.05) is 13.1 Å². The van der Waals surface area contributed by atoms with E-state index in [4.69, 9.17) is 19.8 Å². The van der Waals surface area contributed by atoms with Crippen molar-refractivity contribution in [2.45, 2.75) is 6.10 Å². The fourth-order valence-corrected chi connectivity index (χ4v) is 1.98. The van der Waals surface area contributed by atoms with Crippen molar-refractivity contribution >= 4 is 0 Å². The first-order valence-electron chi connectivity index (χ1n) is 7.61. The van der Waals surface area contributed by atoms with Crippen LogP contribution in [0.25, 0.3) is 0 Å². The van der Waals surface area contributed by atoms with Crippen molar-refractivity contribution in [2.24, 2.45) is 0 Å². The van der Waals surface area contributed by atoms with Crippen molar-refractivity contribution in [3.8, 4) is 23.3 Å². The summed E-state index contributed by atoms with van der Waals surface area (Å²) >= 11 is 0. The third-order valence-electron chi connectivity index (χ3n) is 3.20. The van der Waals surface area contributed by atoms with Crippen LogP contribution in [0.5, 0.6) is 17.2 Å². The number of phenols is 1. The molecule has 0 fully saturated rings. The van der Waals surface area contributed by atoms with Crippen LogP contribution in [-0.4, -0.2) is 42.6 Å². The number of aliphatic hydroxyl groups is 1. The van der Waals surface area contributed by atoms with Gasteiger partial charge in [-0.2, -0.15) is 5.26 Å². The second-order valence-corrected chi connectivity index (χ2v) is 5.12. The molecule has 24 heavy (non-hydrogen) atoms. The Kier molecular flexibility index (Phi) is 6.90. The molecule has 0 aliphatic heterocycles. The van der Waals surface area contributed by atoms with Crippen LogP contribution in [-0.2, 0) is 0 Å². The Balaban J connectivity index is 1.60. The molecule has 0 bridgehead atoms. The van der Waals surface area contributed by atoms with E-state index in [2.05, 4.69) is 5.32 Å². The van der Waals surface area contributed by atoms with Gasteiger partial charge in [0.15, 0.2) is 0 Å². The number of benzene rings is 2. The standard InChI is InChI=1S/C18H20N2O4/c19-11-14-3-1-2-4-18(14)24-13-16(22)12-20-9-10-23-17-7-5-15(21)6-8-17/h1-8,16,20-22H,9-10,12-13H2/t16-/m1/s1. The van der Waals surface area contributed by atoms with Gasteiger partial charge in [0.1, 0.15) is 42.6 Å². The van der Waals surface area contributed by atoms with Gasteiger partial charge in [0.25, 0.3) is 0 Å². The van der Waals surface area contributed by atoms with Crippen LogP contribution in [0.4, 0.5) is 0 Å². The predicted molar refractivity (Wildman–Crippen MR) is 89.1 cm³/mol. The zero-order valence-electron chi connectivity index (χ0n) is 13.2. The molecule has 2 aromatic carbocycles. The highest BCUT2D eigenvalue weighted by atomic mass is 16.5. The van der Waals surface area contributed by atoms with Crippen molar-refractivity contribution < 1.29 is 19.7 Å². The summed E-state index contributed by atoms with van der Waals surface area (Å²) in [6.07, 6.45) is -0.689. The van der Waals surface area contributed by atoms with Crippen molar-refractivity contribution in [1.29, 1.82) is 5.26 Å². The van der Waals surface area contributed by atoms with E-state index in [0.717, 1.165) is 0 Å². The van der Waals surface area contributed by atoms with Crippen molar-refractivity contribution in [1.82, 2.24) is 5.32 Å². The van der Waals surface area contributed by atoms with Crippen molar-refractivity contribution in [2.75, 3.05) is 26.3 Å². The smallest absolute Gasteiger partial charge is 0.137 e. The van der Waals surface area contributed by atoms with Gasteiger partial charge in [0.2, 0.25) is 0 Å². The van der Waals surface area contributed by atoms with Crippen LogP contribution in [0.15, 0.2) is 48.5 Å². The number of hydrogen-bond acceptors (Lipinski definition) is 6.